The molecule has 1 aliphatic carbocycles. The molecule has 0 bridgehead atoms. The minimum atomic E-state index is -4.50. The minimum Gasteiger partial charge on any atom is -0.496 e. The van der Waals surface area contributed by atoms with Gasteiger partial charge in [-0.1, -0.05) is 12.1 Å². The number of ether oxygens (including phenoxy) is 1. The van der Waals surface area contributed by atoms with Crippen molar-refractivity contribution >= 4 is 5.97 Å². The maximum absolute atomic E-state index is 13.3. The lowest BCUT2D eigenvalue weighted by atomic mass is 9.94. The summed E-state index contributed by atoms with van der Waals surface area (Å²) in [7, 11) is 3.12. The van der Waals surface area contributed by atoms with Crippen LogP contribution in [0.25, 0.3) is 11.1 Å². The van der Waals surface area contributed by atoms with Crippen LogP contribution in [-0.4, -0.2) is 41.5 Å². The first kappa shape index (κ1) is 22.1. The Hall–Kier alpha value is -2.58. The number of rotatable bonds is 8. The highest BCUT2D eigenvalue weighted by atomic mass is 19.4. The molecule has 0 amide bonds. The first-order chi connectivity index (χ1) is 14.1. The van der Waals surface area contributed by atoms with Crippen molar-refractivity contribution in [1.29, 1.82) is 0 Å². The maximum atomic E-state index is 13.3. The van der Waals surface area contributed by atoms with Crippen LogP contribution >= 0.6 is 0 Å². The van der Waals surface area contributed by atoms with E-state index in [1.807, 2.05) is 0 Å². The summed E-state index contributed by atoms with van der Waals surface area (Å²) in [5.74, 6) is -0.445. The number of halogens is 3. The molecule has 0 radical (unpaired) electrons. The van der Waals surface area contributed by atoms with Gasteiger partial charge >= 0.3 is 12.1 Å². The van der Waals surface area contributed by atoms with Gasteiger partial charge in [-0.2, -0.15) is 13.2 Å². The molecule has 1 aliphatic rings. The predicted octanol–water partition coefficient (Wildman–Crippen LogP) is 4.17. The smallest absolute Gasteiger partial charge is 0.416 e. The van der Waals surface area contributed by atoms with Gasteiger partial charge in [0.25, 0.3) is 0 Å². The Morgan fingerprint density at radius 1 is 1.20 bits per heavy atom. The molecule has 0 aliphatic heterocycles. The number of aliphatic carboxylic acids is 1. The van der Waals surface area contributed by atoms with Gasteiger partial charge in [0.1, 0.15) is 12.0 Å². The van der Waals surface area contributed by atoms with Crippen LogP contribution in [0.2, 0.25) is 0 Å². The van der Waals surface area contributed by atoms with Gasteiger partial charge in [-0.05, 0) is 66.8 Å². The molecule has 1 saturated carbocycles. The second kappa shape index (κ2) is 8.65. The highest BCUT2D eigenvalue weighted by molar-refractivity contribution is 5.77. The van der Waals surface area contributed by atoms with E-state index >= 15 is 0 Å². The molecule has 1 atom stereocenters. The van der Waals surface area contributed by atoms with Crippen molar-refractivity contribution in [3.63, 3.8) is 0 Å². The summed E-state index contributed by atoms with van der Waals surface area (Å²) in [6.07, 6.45) is -3.66. The molecule has 1 unspecified atom stereocenters. The lowest BCUT2D eigenvalue weighted by Gasteiger charge is -2.25. The largest absolute Gasteiger partial charge is 0.496 e. The van der Waals surface area contributed by atoms with Crippen LogP contribution in [0.1, 0.15) is 29.5 Å². The number of carboxylic acids is 1. The zero-order valence-corrected chi connectivity index (χ0v) is 16.7. The van der Waals surface area contributed by atoms with Gasteiger partial charge in [-0.3, -0.25) is 9.69 Å². The number of nitrogens with zero attached hydrogens (tertiary/aromatic N) is 1. The number of benzene rings is 2. The molecule has 5 nitrogen and oxygen atoms in total. The Balaban J connectivity index is 2.07. The van der Waals surface area contributed by atoms with Crippen LogP contribution < -0.4 is 4.74 Å². The Bertz CT molecular complexity index is 925. The number of alkyl halides is 3. The standard InChI is InChI=1S/C22H24F3NO4/c1-26(21(29)14-4-5-14)12-15-11-16(22(23,24)25)6-7-17(15)18-9-13(10-20(27)28)3-8-19(18)30-2/h3,6-9,11,14,21,29H,4-5,10,12H2,1-2H3,(H,27,28). The van der Waals surface area contributed by atoms with Gasteiger partial charge in [0, 0.05) is 12.1 Å². The highest BCUT2D eigenvalue weighted by Gasteiger charge is 2.34. The zero-order chi connectivity index (χ0) is 22.1. The molecule has 30 heavy (non-hydrogen) atoms. The first-order valence-electron chi connectivity index (χ1n) is 9.57. The van der Waals surface area contributed by atoms with E-state index in [0.29, 0.717) is 28.0 Å². The molecule has 162 valence electrons. The Morgan fingerprint density at radius 2 is 1.90 bits per heavy atom. The van der Waals surface area contributed by atoms with Crippen LogP contribution in [-0.2, 0) is 23.9 Å². The molecule has 1 fully saturated rings. The summed E-state index contributed by atoms with van der Waals surface area (Å²) < 4.78 is 45.4. The van der Waals surface area contributed by atoms with E-state index in [9.17, 15) is 23.1 Å². The average molecular weight is 423 g/mol. The van der Waals surface area contributed by atoms with Gasteiger partial charge < -0.3 is 14.9 Å². The molecular formula is C22H24F3NO4. The first-order valence-corrected chi connectivity index (χ1v) is 9.57. The molecule has 2 N–H and O–H groups in total. The average Bonchev–Trinajstić information content (AvgIpc) is 3.51. The van der Waals surface area contributed by atoms with Crippen molar-refractivity contribution < 1.29 is 32.9 Å². The number of carboxylic acid groups (broad SMARTS) is 1. The van der Waals surface area contributed by atoms with E-state index in [0.717, 1.165) is 25.0 Å². The third-order valence-electron chi connectivity index (χ3n) is 5.26. The van der Waals surface area contributed by atoms with E-state index in [1.165, 1.54) is 13.2 Å². The van der Waals surface area contributed by atoms with Crippen LogP contribution in [0.3, 0.4) is 0 Å². The van der Waals surface area contributed by atoms with Crippen LogP contribution in [0.4, 0.5) is 13.2 Å². The summed E-state index contributed by atoms with van der Waals surface area (Å²) in [5, 5.41) is 19.4. The van der Waals surface area contributed by atoms with Gasteiger partial charge in [0.2, 0.25) is 0 Å². The van der Waals surface area contributed by atoms with Crippen molar-refractivity contribution in [3.05, 3.63) is 53.1 Å². The van der Waals surface area contributed by atoms with Crippen LogP contribution in [0.5, 0.6) is 5.75 Å². The Labute approximate surface area is 172 Å². The molecule has 8 heteroatoms. The van der Waals surface area contributed by atoms with E-state index < -0.39 is 23.9 Å². The molecule has 0 aromatic heterocycles. The van der Waals surface area contributed by atoms with Crippen LogP contribution in [0, 0.1) is 5.92 Å². The number of hydrogen-bond acceptors (Lipinski definition) is 4. The molecular weight excluding hydrogens is 399 g/mol. The molecule has 0 saturated heterocycles. The summed E-state index contributed by atoms with van der Waals surface area (Å²) in [6.45, 7) is 0.100. The number of aliphatic hydroxyl groups is 1. The molecule has 3 rings (SSSR count). The van der Waals surface area contributed by atoms with Crippen molar-refractivity contribution in [2.24, 2.45) is 5.92 Å². The fourth-order valence-electron chi connectivity index (χ4n) is 3.53. The molecule has 2 aromatic rings. The summed E-state index contributed by atoms with van der Waals surface area (Å²) in [4.78, 5) is 12.7. The quantitative estimate of drug-likeness (QED) is 0.624. The fourth-order valence-corrected chi connectivity index (χ4v) is 3.53. The molecule has 0 heterocycles. The fraction of sp³-hybridized carbons (Fsp3) is 0.409. The summed E-state index contributed by atoms with van der Waals surface area (Å²) in [5.41, 5.74) is 1.11. The second-order valence-corrected chi connectivity index (χ2v) is 7.64. The number of carbonyl (C=O) groups is 1. The minimum absolute atomic E-state index is 0.100. The topological polar surface area (TPSA) is 70.0 Å². The lowest BCUT2D eigenvalue weighted by Crippen LogP contribution is -2.32. The number of hydrogen-bond donors (Lipinski definition) is 2. The van der Waals surface area contributed by atoms with Crippen molar-refractivity contribution in [2.75, 3.05) is 14.2 Å². The second-order valence-electron chi connectivity index (χ2n) is 7.64. The monoisotopic (exact) mass is 423 g/mol. The molecule has 0 spiro atoms. The maximum Gasteiger partial charge on any atom is 0.416 e. The SMILES string of the molecule is COc1ccc(CC(=O)O)cc1-c1ccc(C(F)(F)F)cc1CN(C)C(O)C1CC1. The van der Waals surface area contributed by atoms with Crippen molar-refractivity contribution in [1.82, 2.24) is 4.90 Å². The van der Waals surface area contributed by atoms with E-state index in [2.05, 4.69) is 0 Å². The predicted molar refractivity (Wildman–Crippen MR) is 105 cm³/mol. The van der Waals surface area contributed by atoms with Gasteiger partial charge in [-0.25, -0.2) is 0 Å². The Kier molecular flexibility index (Phi) is 6.38. The van der Waals surface area contributed by atoms with Crippen LogP contribution in [0.15, 0.2) is 36.4 Å². The Morgan fingerprint density at radius 3 is 2.47 bits per heavy atom. The van der Waals surface area contributed by atoms with Gasteiger partial charge in [0.05, 0.1) is 19.1 Å². The third-order valence-corrected chi connectivity index (χ3v) is 5.26. The molecule has 2 aromatic carbocycles. The normalized spacial score (nSPS) is 15.3. The number of aliphatic hydroxyl groups excluding tert-OH is 1. The summed E-state index contributed by atoms with van der Waals surface area (Å²) in [6, 6.07) is 8.30. The van der Waals surface area contributed by atoms with Gasteiger partial charge in [-0.15, -0.1) is 0 Å². The van der Waals surface area contributed by atoms with E-state index in [4.69, 9.17) is 9.84 Å². The third kappa shape index (κ3) is 5.12. The van der Waals surface area contributed by atoms with Crippen molar-refractivity contribution in [3.8, 4) is 16.9 Å². The van der Waals surface area contributed by atoms with E-state index in [1.54, 1.807) is 30.1 Å². The zero-order valence-electron chi connectivity index (χ0n) is 16.7. The summed E-state index contributed by atoms with van der Waals surface area (Å²) >= 11 is 0. The highest BCUT2D eigenvalue weighted by Crippen LogP contribution is 2.39. The lowest BCUT2D eigenvalue weighted by molar-refractivity contribution is -0.138. The van der Waals surface area contributed by atoms with Gasteiger partial charge in [0.15, 0.2) is 0 Å². The number of methoxy groups -OCH3 is 1. The van der Waals surface area contributed by atoms with Crippen molar-refractivity contribution in [2.45, 2.75) is 38.2 Å². The van der Waals surface area contributed by atoms with E-state index in [-0.39, 0.29) is 18.9 Å².